The van der Waals surface area contributed by atoms with Crippen LogP contribution in [0, 0.1) is 20.8 Å². The summed E-state index contributed by atoms with van der Waals surface area (Å²) in [5, 5.41) is 11.3. The van der Waals surface area contributed by atoms with Gasteiger partial charge < -0.3 is 10.0 Å². The summed E-state index contributed by atoms with van der Waals surface area (Å²) < 4.78 is 0. The molecule has 1 fully saturated rings. The van der Waals surface area contributed by atoms with E-state index in [0.717, 1.165) is 41.0 Å². The minimum Gasteiger partial charge on any atom is -0.507 e. The quantitative estimate of drug-likeness (QED) is 0.270. The van der Waals surface area contributed by atoms with Gasteiger partial charge in [0.1, 0.15) is 5.76 Å². The molecular formula is C30H32N2O3. The van der Waals surface area contributed by atoms with Crippen molar-refractivity contribution in [3.63, 3.8) is 0 Å². The highest BCUT2D eigenvalue weighted by molar-refractivity contribution is 6.51. The number of carbonyl (C=O) groups excluding carboxylic acids is 2. The molecule has 1 aliphatic heterocycles. The Labute approximate surface area is 207 Å². The number of Topliss-reactive ketones (excluding diaryl/α,β-unsaturated/α-hetero) is 1. The molecule has 0 aromatic heterocycles. The van der Waals surface area contributed by atoms with Crippen LogP contribution in [-0.4, -0.2) is 29.9 Å². The van der Waals surface area contributed by atoms with Gasteiger partial charge in [0.15, 0.2) is 0 Å². The van der Waals surface area contributed by atoms with E-state index in [1.807, 2.05) is 75.4 Å². The molecule has 1 amide bonds. The van der Waals surface area contributed by atoms with Gasteiger partial charge in [0, 0.05) is 30.0 Å². The van der Waals surface area contributed by atoms with Crippen molar-refractivity contribution >= 4 is 28.8 Å². The van der Waals surface area contributed by atoms with Gasteiger partial charge in [0.05, 0.1) is 11.6 Å². The molecular weight excluding hydrogens is 436 g/mol. The number of anilines is 2. The summed E-state index contributed by atoms with van der Waals surface area (Å²) in [6.45, 7) is 11.9. The number of benzene rings is 3. The number of rotatable bonds is 6. The van der Waals surface area contributed by atoms with Crippen molar-refractivity contribution < 1.29 is 14.7 Å². The maximum atomic E-state index is 13.4. The molecule has 3 aromatic carbocycles. The van der Waals surface area contributed by atoms with Gasteiger partial charge in [0.2, 0.25) is 0 Å². The molecule has 1 N–H and O–H groups in total. The van der Waals surface area contributed by atoms with Gasteiger partial charge in [-0.3, -0.25) is 14.5 Å². The number of hydrogen-bond acceptors (Lipinski definition) is 4. The fourth-order valence-corrected chi connectivity index (χ4v) is 4.83. The van der Waals surface area contributed by atoms with Gasteiger partial charge in [-0.1, -0.05) is 48.0 Å². The summed E-state index contributed by atoms with van der Waals surface area (Å²) >= 11 is 0. The lowest BCUT2D eigenvalue weighted by atomic mass is 9.94. The first-order valence-corrected chi connectivity index (χ1v) is 12.1. The first-order valence-electron chi connectivity index (χ1n) is 12.1. The summed E-state index contributed by atoms with van der Waals surface area (Å²) in [4.78, 5) is 30.5. The van der Waals surface area contributed by atoms with E-state index < -0.39 is 17.7 Å². The second-order valence-corrected chi connectivity index (χ2v) is 9.14. The zero-order valence-electron chi connectivity index (χ0n) is 21.0. The number of nitrogens with zero attached hydrogens (tertiary/aromatic N) is 2. The van der Waals surface area contributed by atoms with Crippen molar-refractivity contribution in [2.24, 2.45) is 0 Å². The molecule has 180 valence electrons. The lowest BCUT2D eigenvalue weighted by Gasteiger charge is -2.27. The Bertz CT molecular complexity index is 1270. The normalized spacial score (nSPS) is 17.2. The number of carbonyl (C=O) groups is 2. The number of aryl methyl sites for hydroxylation is 3. The third-order valence-electron chi connectivity index (χ3n) is 6.59. The Balaban J connectivity index is 1.91. The van der Waals surface area contributed by atoms with Crippen LogP contribution in [0.2, 0.25) is 0 Å². The maximum absolute atomic E-state index is 13.4. The fraction of sp³-hybridized carbons (Fsp3) is 0.267. The van der Waals surface area contributed by atoms with Crippen LogP contribution in [0.25, 0.3) is 5.76 Å². The summed E-state index contributed by atoms with van der Waals surface area (Å²) in [6, 6.07) is 20.3. The first-order chi connectivity index (χ1) is 16.7. The Morgan fingerprint density at radius 1 is 0.829 bits per heavy atom. The molecule has 1 atom stereocenters. The van der Waals surface area contributed by atoms with E-state index in [1.54, 1.807) is 12.1 Å². The van der Waals surface area contributed by atoms with E-state index in [4.69, 9.17) is 0 Å². The minimum absolute atomic E-state index is 0.105. The predicted molar refractivity (Wildman–Crippen MR) is 142 cm³/mol. The van der Waals surface area contributed by atoms with Crippen LogP contribution in [0.3, 0.4) is 0 Å². The van der Waals surface area contributed by atoms with Crippen LogP contribution in [0.15, 0.2) is 72.3 Å². The highest BCUT2D eigenvalue weighted by Crippen LogP contribution is 2.43. The van der Waals surface area contributed by atoms with Crippen molar-refractivity contribution in [3.8, 4) is 0 Å². The zero-order valence-corrected chi connectivity index (χ0v) is 21.0. The molecule has 35 heavy (non-hydrogen) atoms. The molecule has 0 saturated carbocycles. The molecule has 0 bridgehead atoms. The topological polar surface area (TPSA) is 60.9 Å². The average molecular weight is 469 g/mol. The van der Waals surface area contributed by atoms with E-state index in [1.165, 1.54) is 4.90 Å². The fourth-order valence-electron chi connectivity index (χ4n) is 4.83. The van der Waals surface area contributed by atoms with Crippen LogP contribution in [-0.2, 0) is 9.59 Å². The lowest BCUT2D eigenvalue weighted by Crippen LogP contribution is -2.29. The van der Waals surface area contributed by atoms with Gasteiger partial charge >= 0.3 is 0 Å². The minimum atomic E-state index is -0.733. The molecule has 1 unspecified atom stereocenters. The Kier molecular flexibility index (Phi) is 6.79. The maximum Gasteiger partial charge on any atom is 0.300 e. The SMILES string of the molecule is CCN(CC)c1ccc(C2/C(=C(\O)c3ccc(C)cc3)C(=O)C(=O)N2c2cc(C)cc(C)c2)cc1. The van der Waals surface area contributed by atoms with E-state index >= 15 is 0 Å². The highest BCUT2D eigenvalue weighted by Gasteiger charge is 2.47. The molecule has 1 heterocycles. The van der Waals surface area contributed by atoms with Crippen molar-refractivity contribution in [1.82, 2.24) is 0 Å². The second kappa shape index (κ2) is 9.79. The molecule has 0 spiro atoms. The van der Waals surface area contributed by atoms with Gasteiger partial charge in [-0.15, -0.1) is 0 Å². The van der Waals surface area contributed by atoms with Gasteiger partial charge in [0.25, 0.3) is 11.7 Å². The Morgan fingerprint density at radius 2 is 1.40 bits per heavy atom. The largest absolute Gasteiger partial charge is 0.507 e. The molecule has 0 radical (unpaired) electrons. The highest BCUT2D eigenvalue weighted by atomic mass is 16.3. The molecule has 1 saturated heterocycles. The number of ketones is 1. The zero-order chi connectivity index (χ0) is 25.3. The molecule has 5 nitrogen and oxygen atoms in total. The summed E-state index contributed by atoms with van der Waals surface area (Å²) in [7, 11) is 0. The van der Waals surface area contributed by atoms with E-state index in [9.17, 15) is 14.7 Å². The van der Waals surface area contributed by atoms with Crippen LogP contribution >= 0.6 is 0 Å². The molecule has 4 rings (SSSR count). The standard InChI is InChI=1S/C30H32N2O3/c1-6-31(7-2)24-14-12-22(13-15-24)27-26(28(33)23-10-8-19(3)9-11-23)29(34)30(35)32(27)25-17-20(4)16-21(5)18-25/h8-18,27,33H,6-7H2,1-5H3/b28-26+. The van der Waals surface area contributed by atoms with E-state index in [-0.39, 0.29) is 11.3 Å². The molecule has 1 aliphatic rings. The number of aliphatic hydroxyl groups is 1. The van der Waals surface area contributed by atoms with E-state index in [2.05, 4.69) is 18.7 Å². The second-order valence-electron chi connectivity index (χ2n) is 9.14. The average Bonchev–Trinajstić information content (AvgIpc) is 3.10. The first kappa shape index (κ1) is 24.3. The van der Waals surface area contributed by atoms with Crippen LogP contribution in [0.5, 0.6) is 0 Å². The van der Waals surface area contributed by atoms with Crippen LogP contribution in [0.1, 0.15) is 47.7 Å². The molecule has 0 aliphatic carbocycles. The van der Waals surface area contributed by atoms with Gasteiger partial charge in [-0.2, -0.15) is 0 Å². The summed E-state index contributed by atoms with van der Waals surface area (Å²) in [5.41, 5.74) is 6.14. The van der Waals surface area contributed by atoms with E-state index in [0.29, 0.717) is 11.3 Å². The summed E-state index contributed by atoms with van der Waals surface area (Å²) in [5.74, 6) is -1.48. The van der Waals surface area contributed by atoms with Gasteiger partial charge in [-0.05, 0) is 75.6 Å². The lowest BCUT2D eigenvalue weighted by molar-refractivity contribution is -0.132. The molecule has 3 aromatic rings. The van der Waals surface area contributed by atoms with Crippen molar-refractivity contribution in [1.29, 1.82) is 0 Å². The Morgan fingerprint density at radius 3 is 1.94 bits per heavy atom. The predicted octanol–water partition coefficient (Wildman–Crippen LogP) is 6.08. The van der Waals surface area contributed by atoms with Crippen molar-refractivity contribution in [3.05, 3.63) is 100 Å². The number of amides is 1. The monoisotopic (exact) mass is 468 g/mol. The van der Waals surface area contributed by atoms with Crippen LogP contribution < -0.4 is 9.80 Å². The third kappa shape index (κ3) is 4.59. The van der Waals surface area contributed by atoms with Crippen molar-refractivity contribution in [2.45, 2.75) is 40.7 Å². The summed E-state index contributed by atoms with van der Waals surface area (Å²) in [6.07, 6.45) is 0. The third-order valence-corrected chi connectivity index (χ3v) is 6.59. The smallest absolute Gasteiger partial charge is 0.300 e. The number of hydrogen-bond donors (Lipinski definition) is 1. The number of aliphatic hydroxyl groups excluding tert-OH is 1. The Hall–Kier alpha value is -3.86. The van der Waals surface area contributed by atoms with Gasteiger partial charge in [-0.25, -0.2) is 0 Å². The van der Waals surface area contributed by atoms with Crippen molar-refractivity contribution in [2.75, 3.05) is 22.9 Å². The molecule has 5 heteroatoms. The van der Waals surface area contributed by atoms with Crippen LogP contribution in [0.4, 0.5) is 11.4 Å².